The molecule has 0 radical (unpaired) electrons. The molecule has 0 aliphatic heterocycles. The lowest BCUT2D eigenvalue weighted by Crippen LogP contribution is -2.14. The summed E-state index contributed by atoms with van der Waals surface area (Å²) >= 11 is 0. The van der Waals surface area contributed by atoms with Crippen molar-refractivity contribution in [1.29, 1.82) is 0 Å². The van der Waals surface area contributed by atoms with Gasteiger partial charge in [0, 0.05) is 23.4 Å². The second-order valence-corrected chi connectivity index (χ2v) is 6.69. The van der Waals surface area contributed by atoms with Crippen LogP contribution in [0.5, 0.6) is 5.75 Å². The van der Waals surface area contributed by atoms with Crippen LogP contribution in [0.25, 0.3) is 0 Å². The van der Waals surface area contributed by atoms with Crippen molar-refractivity contribution in [2.45, 2.75) is 26.9 Å². The molecule has 0 fully saturated rings. The molecule has 0 saturated carbocycles. The van der Waals surface area contributed by atoms with Crippen molar-refractivity contribution in [3.05, 3.63) is 89.5 Å². The number of carbonyl (C=O) groups is 2. The van der Waals surface area contributed by atoms with Gasteiger partial charge in [-0.25, -0.2) is 0 Å². The zero-order valence-electron chi connectivity index (χ0n) is 16.6. The van der Waals surface area contributed by atoms with Crippen LogP contribution in [0, 0.1) is 6.92 Å². The number of carbonyl (C=O) groups excluding carboxylic acids is 2. The van der Waals surface area contributed by atoms with E-state index in [4.69, 9.17) is 4.74 Å². The Bertz CT molecular complexity index is 1000. The minimum atomic E-state index is -0.244. The van der Waals surface area contributed by atoms with Gasteiger partial charge < -0.3 is 15.4 Å². The fraction of sp³-hybridized carbons (Fsp3) is 0.167. The number of aryl methyl sites for hydroxylation is 1. The molecule has 29 heavy (non-hydrogen) atoms. The van der Waals surface area contributed by atoms with Crippen LogP contribution in [0.1, 0.15) is 34.8 Å². The fourth-order valence-electron chi connectivity index (χ4n) is 2.74. The molecular formula is C24H24N2O3. The summed E-state index contributed by atoms with van der Waals surface area (Å²) in [6.07, 6.45) is 0.395. The fourth-order valence-corrected chi connectivity index (χ4v) is 2.74. The molecule has 3 aromatic carbocycles. The maximum absolute atomic E-state index is 12.7. The Morgan fingerprint density at radius 3 is 2.45 bits per heavy atom. The van der Waals surface area contributed by atoms with Crippen molar-refractivity contribution in [3.8, 4) is 5.75 Å². The van der Waals surface area contributed by atoms with Gasteiger partial charge in [0.05, 0.1) is 0 Å². The predicted octanol–water partition coefficient (Wildman–Crippen LogP) is 5.17. The van der Waals surface area contributed by atoms with E-state index in [-0.39, 0.29) is 11.8 Å². The van der Waals surface area contributed by atoms with Crippen LogP contribution in [0.3, 0.4) is 0 Å². The summed E-state index contributed by atoms with van der Waals surface area (Å²) in [5.74, 6) is 0.313. The van der Waals surface area contributed by atoms with Crippen molar-refractivity contribution in [2.75, 3.05) is 10.6 Å². The lowest BCUT2D eigenvalue weighted by molar-refractivity contribution is -0.115. The average molecular weight is 388 g/mol. The number of ether oxygens (including phenoxy) is 1. The van der Waals surface area contributed by atoms with E-state index in [9.17, 15) is 9.59 Å². The third-order valence-electron chi connectivity index (χ3n) is 4.44. The van der Waals surface area contributed by atoms with Crippen molar-refractivity contribution in [3.63, 3.8) is 0 Å². The molecule has 5 heteroatoms. The van der Waals surface area contributed by atoms with E-state index in [2.05, 4.69) is 10.6 Å². The number of hydrogen-bond acceptors (Lipinski definition) is 3. The zero-order valence-corrected chi connectivity index (χ0v) is 16.6. The molecule has 0 atom stereocenters. The Hall–Kier alpha value is -3.60. The van der Waals surface area contributed by atoms with Gasteiger partial charge >= 0.3 is 0 Å². The average Bonchev–Trinajstić information content (AvgIpc) is 2.75. The molecular weight excluding hydrogens is 364 g/mol. The van der Waals surface area contributed by atoms with Crippen LogP contribution in [0.15, 0.2) is 72.8 Å². The van der Waals surface area contributed by atoms with Gasteiger partial charge in [0.25, 0.3) is 5.91 Å². The summed E-state index contributed by atoms with van der Waals surface area (Å²) < 4.78 is 5.80. The number of anilines is 2. The highest BCUT2D eigenvalue weighted by atomic mass is 16.5. The third-order valence-corrected chi connectivity index (χ3v) is 4.44. The zero-order chi connectivity index (χ0) is 20.6. The van der Waals surface area contributed by atoms with Crippen molar-refractivity contribution in [2.24, 2.45) is 0 Å². The first-order valence-electron chi connectivity index (χ1n) is 9.54. The van der Waals surface area contributed by atoms with E-state index in [1.165, 1.54) is 0 Å². The Morgan fingerprint density at radius 2 is 1.69 bits per heavy atom. The largest absolute Gasteiger partial charge is 0.489 e. The molecule has 2 N–H and O–H groups in total. The SMILES string of the molecule is CCC(=O)Nc1cc(NC(=O)c2cccc(OCc3ccccc3)c2)ccc1C. The monoisotopic (exact) mass is 388 g/mol. The van der Waals surface area contributed by atoms with E-state index < -0.39 is 0 Å². The summed E-state index contributed by atoms with van der Waals surface area (Å²) in [5, 5.41) is 5.72. The molecule has 0 spiro atoms. The molecule has 148 valence electrons. The topological polar surface area (TPSA) is 67.4 Å². The summed E-state index contributed by atoms with van der Waals surface area (Å²) in [7, 11) is 0. The third kappa shape index (κ3) is 5.69. The summed E-state index contributed by atoms with van der Waals surface area (Å²) in [5.41, 5.74) is 3.79. The molecule has 3 aromatic rings. The Kier molecular flexibility index (Phi) is 6.63. The quantitative estimate of drug-likeness (QED) is 0.586. The normalized spacial score (nSPS) is 10.3. The van der Waals surface area contributed by atoms with Crippen LogP contribution in [0.4, 0.5) is 11.4 Å². The summed E-state index contributed by atoms with van der Waals surface area (Å²) in [6, 6.07) is 22.3. The van der Waals surface area contributed by atoms with E-state index in [1.807, 2.05) is 55.5 Å². The number of rotatable bonds is 7. The molecule has 0 aliphatic carbocycles. The predicted molar refractivity (Wildman–Crippen MR) is 115 cm³/mol. The molecule has 0 unspecified atom stereocenters. The Balaban J connectivity index is 1.68. The first-order chi connectivity index (χ1) is 14.0. The number of hydrogen-bond donors (Lipinski definition) is 2. The number of amides is 2. The molecule has 2 amide bonds. The van der Waals surface area contributed by atoms with E-state index in [1.54, 1.807) is 31.2 Å². The van der Waals surface area contributed by atoms with Crippen LogP contribution in [-0.4, -0.2) is 11.8 Å². The van der Waals surface area contributed by atoms with Crippen molar-refractivity contribution >= 4 is 23.2 Å². The summed E-state index contributed by atoms with van der Waals surface area (Å²) in [4.78, 5) is 24.3. The maximum Gasteiger partial charge on any atom is 0.255 e. The number of nitrogens with one attached hydrogen (secondary N) is 2. The van der Waals surface area contributed by atoms with Gasteiger partial charge in [0.15, 0.2) is 0 Å². The van der Waals surface area contributed by atoms with Gasteiger partial charge in [-0.1, -0.05) is 49.4 Å². The highest BCUT2D eigenvalue weighted by molar-refractivity contribution is 6.05. The first kappa shape index (κ1) is 20.1. The van der Waals surface area contributed by atoms with Crippen LogP contribution < -0.4 is 15.4 Å². The van der Waals surface area contributed by atoms with Gasteiger partial charge in [-0.3, -0.25) is 9.59 Å². The molecule has 5 nitrogen and oxygen atoms in total. The number of benzene rings is 3. The minimum absolute atomic E-state index is 0.0696. The first-order valence-corrected chi connectivity index (χ1v) is 9.54. The van der Waals surface area contributed by atoms with E-state index >= 15 is 0 Å². The lowest BCUT2D eigenvalue weighted by atomic mass is 10.1. The highest BCUT2D eigenvalue weighted by Crippen LogP contribution is 2.22. The lowest BCUT2D eigenvalue weighted by Gasteiger charge is -2.12. The minimum Gasteiger partial charge on any atom is -0.489 e. The van der Waals surface area contributed by atoms with E-state index in [0.717, 1.165) is 11.1 Å². The van der Waals surface area contributed by atoms with Gasteiger partial charge in [0.1, 0.15) is 12.4 Å². The van der Waals surface area contributed by atoms with Crippen molar-refractivity contribution in [1.82, 2.24) is 0 Å². The van der Waals surface area contributed by atoms with Crippen LogP contribution >= 0.6 is 0 Å². The molecule has 0 saturated heterocycles. The second kappa shape index (κ2) is 9.55. The van der Waals surface area contributed by atoms with Gasteiger partial charge in [-0.2, -0.15) is 0 Å². The smallest absolute Gasteiger partial charge is 0.255 e. The molecule has 0 aromatic heterocycles. The Morgan fingerprint density at radius 1 is 0.897 bits per heavy atom. The molecule has 0 bridgehead atoms. The summed E-state index contributed by atoms with van der Waals surface area (Å²) in [6.45, 7) is 4.14. The molecule has 0 aliphatic rings. The standard InChI is InChI=1S/C24H24N2O3/c1-3-23(27)26-22-15-20(13-12-17(22)2)25-24(28)19-10-7-11-21(14-19)29-16-18-8-5-4-6-9-18/h4-15H,3,16H2,1-2H3,(H,25,28)(H,26,27). The van der Waals surface area contributed by atoms with Gasteiger partial charge in [-0.05, 0) is 48.4 Å². The maximum atomic E-state index is 12.7. The van der Waals surface area contributed by atoms with Gasteiger partial charge in [-0.15, -0.1) is 0 Å². The van der Waals surface area contributed by atoms with Gasteiger partial charge in [0.2, 0.25) is 5.91 Å². The molecule has 3 rings (SSSR count). The molecule has 0 heterocycles. The van der Waals surface area contributed by atoms with Crippen LogP contribution in [0.2, 0.25) is 0 Å². The second-order valence-electron chi connectivity index (χ2n) is 6.69. The highest BCUT2D eigenvalue weighted by Gasteiger charge is 2.10. The van der Waals surface area contributed by atoms with Crippen molar-refractivity contribution < 1.29 is 14.3 Å². The van der Waals surface area contributed by atoms with Crippen LogP contribution in [-0.2, 0) is 11.4 Å². The Labute approximate surface area is 170 Å². The van der Waals surface area contributed by atoms with E-state index in [0.29, 0.717) is 35.7 Å².